The molecule has 0 aliphatic carbocycles. The standard InChI is InChI=1S/C35H45F2N7O/c1-22(2)44-25(5)41-35(24(4)36)33(44)14-23(3)31-15-27(38-20-32(31)37)6-9-34-39-18-26(19-40-34)21-43-28-7-8-29(43)17-30(16-28)42-10-12-45-13-11-42/h14-15,18-20,22,28-30H,4,6-13,16-17,21H2,1-3,5H3/b23-14+. The van der Waals surface area contributed by atoms with Gasteiger partial charge in [0.2, 0.25) is 0 Å². The topological polar surface area (TPSA) is 72.2 Å². The Balaban J connectivity index is 1.09. The molecule has 0 N–H and O–H groups in total. The number of hydrogen-bond donors (Lipinski definition) is 0. The predicted octanol–water partition coefficient (Wildman–Crippen LogP) is 6.21. The molecule has 6 rings (SSSR count). The first kappa shape index (κ1) is 31.6. The molecule has 8 nitrogen and oxygen atoms in total. The predicted molar refractivity (Wildman–Crippen MR) is 172 cm³/mol. The van der Waals surface area contributed by atoms with Crippen molar-refractivity contribution in [3.63, 3.8) is 0 Å². The highest BCUT2D eigenvalue weighted by Crippen LogP contribution is 2.38. The van der Waals surface area contributed by atoms with Crippen LogP contribution in [0.2, 0.25) is 0 Å². The van der Waals surface area contributed by atoms with E-state index in [2.05, 4.69) is 36.3 Å². The molecule has 0 radical (unpaired) electrons. The van der Waals surface area contributed by atoms with Crippen molar-refractivity contribution in [2.75, 3.05) is 26.3 Å². The second-order valence-electron chi connectivity index (χ2n) is 13.1. The molecule has 3 fully saturated rings. The maximum atomic E-state index is 15.0. The van der Waals surface area contributed by atoms with Crippen molar-refractivity contribution in [1.82, 2.24) is 34.3 Å². The minimum absolute atomic E-state index is 0.0524. The van der Waals surface area contributed by atoms with Crippen LogP contribution < -0.4 is 0 Å². The molecule has 0 amide bonds. The summed E-state index contributed by atoms with van der Waals surface area (Å²) in [6.07, 6.45) is 13.2. The molecule has 0 saturated carbocycles. The maximum Gasteiger partial charge on any atom is 0.148 e. The van der Waals surface area contributed by atoms with E-state index in [-0.39, 0.29) is 11.7 Å². The summed E-state index contributed by atoms with van der Waals surface area (Å²) in [5.41, 5.74) is 3.73. The van der Waals surface area contributed by atoms with Crippen LogP contribution in [0.4, 0.5) is 8.78 Å². The van der Waals surface area contributed by atoms with Gasteiger partial charge in [0.05, 0.1) is 25.1 Å². The summed E-state index contributed by atoms with van der Waals surface area (Å²) in [7, 11) is 0. The zero-order chi connectivity index (χ0) is 31.7. The van der Waals surface area contributed by atoms with E-state index in [9.17, 15) is 8.78 Å². The van der Waals surface area contributed by atoms with Crippen LogP contribution in [-0.4, -0.2) is 78.7 Å². The molecule has 3 aliphatic rings. The number of imidazole rings is 1. The van der Waals surface area contributed by atoms with Gasteiger partial charge in [-0.15, -0.1) is 0 Å². The number of piperidine rings is 1. The van der Waals surface area contributed by atoms with Crippen molar-refractivity contribution < 1.29 is 13.5 Å². The first-order valence-electron chi connectivity index (χ1n) is 16.3. The highest BCUT2D eigenvalue weighted by atomic mass is 19.1. The quantitative estimate of drug-likeness (QED) is 0.268. The van der Waals surface area contributed by atoms with Crippen molar-refractivity contribution in [2.45, 2.75) is 96.9 Å². The number of hydrogen-bond acceptors (Lipinski definition) is 7. The SMILES string of the molecule is C=C(F)c1nc(C)n(C(C)C)c1/C=C(\C)c1cc(CCc2ncc(CN3C4CCC3CC(N3CCOCC3)C4)cn2)ncc1F. The number of ether oxygens (including phenoxy) is 1. The fraction of sp³-hybridized carbons (Fsp3) is 0.543. The van der Waals surface area contributed by atoms with E-state index in [0.29, 0.717) is 53.6 Å². The highest BCUT2D eigenvalue weighted by Gasteiger charge is 2.42. The fourth-order valence-corrected chi connectivity index (χ4v) is 7.54. The summed E-state index contributed by atoms with van der Waals surface area (Å²) >= 11 is 0. The fourth-order valence-electron chi connectivity index (χ4n) is 7.54. The third-order valence-corrected chi connectivity index (χ3v) is 9.74. The smallest absolute Gasteiger partial charge is 0.148 e. The monoisotopic (exact) mass is 617 g/mol. The molecular weight excluding hydrogens is 572 g/mol. The van der Waals surface area contributed by atoms with Crippen LogP contribution >= 0.6 is 0 Å². The highest BCUT2D eigenvalue weighted by molar-refractivity contribution is 5.82. The lowest BCUT2D eigenvalue weighted by molar-refractivity contribution is -0.0140. The Bertz CT molecular complexity index is 1530. The number of fused-ring (bicyclic) bond motifs is 2. The summed E-state index contributed by atoms with van der Waals surface area (Å²) in [6, 6.07) is 3.76. The largest absolute Gasteiger partial charge is 0.379 e. The molecule has 0 spiro atoms. The first-order valence-corrected chi connectivity index (χ1v) is 16.3. The average Bonchev–Trinajstić information content (AvgIpc) is 3.47. The maximum absolute atomic E-state index is 15.0. The van der Waals surface area contributed by atoms with Crippen molar-refractivity contribution >= 4 is 17.5 Å². The minimum Gasteiger partial charge on any atom is -0.379 e. The first-order chi connectivity index (χ1) is 21.7. The molecule has 2 unspecified atom stereocenters. The number of aryl methyl sites for hydroxylation is 3. The third kappa shape index (κ3) is 6.93. The van der Waals surface area contributed by atoms with Gasteiger partial charge in [0.1, 0.15) is 29.0 Å². The Labute approximate surface area is 265 Å². The van der Waals surface area contributed by atoms with Gasteiger partial charge in [-0.3, -0.25) is 14.8 Å². The van der Waals surface area contributed by atoms with Crippen LogP contribution in [0.15, 0.2) is 31.2 Å². The average molecular weight is 618 g/mol. The second-order valence-corrected chi connectivity index (χ2v) is 13.1. The Kier molecular flexibility index (Phi) is 9.54. The van der Waals surface area contributed by atoms with Gasteiger partial charge in [-0.25, -0.2) is 23.7 Å². The molecule has 6 heterocycles. The molecule has 0 aromatic carbocycles. The molecule has 2 bridgehead atoms. The van der Waals surface area contributed by atoms with Crippen molar-refractivity contribution in [1.29, 1.82) is 0 Å². The van der Waals surface area contributed by atoms with E-state index in [1.165, 1.54) is 31.9 Å². The molecular formula is C35H45F2N7O. The summed E-state index contributed by atoms with van der Waals surface area (Å²) in [4.78, 5) is 23.4. The number of morpholine rings is 1. The lowest BCUT2D eigenvalue weighted by Crippen LogP contribution is -2.52. The molecule has 240 valence electrons. The van der Waals surface area contributed by atoms with Crippen LogP contribution in [-0.2, 0) is 24.1 Å². The number of rotatable bonds is 10. The molecule has 3 aromatic heterocycles. The number of allylic oxidation sites excluding steroid dienone is 1. The van der Waals surface area contributed by atoms with Crippen molar-refractivity contribution in [2.24, 2.45) is 0 Å². The minimum atomic E-state index is -0.612. The Morgan fingerprint density at radius 1 is 1.04 bits per heavy atom. The Morgan fingerprint density at radius 2 is 1.73 bits per heavy atom. The van der Waals surface area contributed by atoms with Crippen LogP contribution in [0.5, 0.6) is 0 Å². The Hall–Kier alpha value is -3.34. The van der Waals surface area contributed by atoms with E-state index in [1.54, 1.807) is 12.1 Å². The number of pyridine rings is 1. The zero-order valence-corrected chi connectivity index (χ0v) is 27.0. The van der Waals surface area contributed by atoms with Crippen molar-refractivity contribution in [3.05, 3.63) is 76.9 Å². The molecule has 3 aromatic rings. The summed E-state index contributed by atoms with van der Waals surface area (Å²) in [5.74, 6) is 0.388. The molecule has 3 saturated heterocycles. The molecule has 10 heteroatoms. The van der Waals surface area contributed by atoms with E-state index in [1.807, 2.05) is 44.7 Å². The van der Waals surface area contributed by atoms with Gasteiger partial charge in [-0.2, -0.15) is 0 Å². The second kappa shape index (κ2) is 13.6. The van der Waals surface area contributed by atoms with Gasteiger partial charge in [0, 0.05) is 79.4 Å². The number of aromatic nitrogens is 5. The van der Waals surface area contributed by atoms with E-state index >= 15 is 0 Å². The van der Waals surface area contributed by atoms with Crippen molar-refractivity contribution in [3.8, 4) is 0 Å². The molecule has 3 aliphatic heterocycles. The van der Waals surface area contributed by atoms with Gasteiger partial charge in [0.25, 0.3) is 0 Å². The zero-order valence-electron chi connectivity index (χ0n) is 27.0. The van der Waals surface area contributed by atoms with E-state index in [4.69, 9.17) is 4.74 Å². The lowest BCUT2D eigenvalue weighted by atomic mass is 9.95. The van der Waals surface area contributed by atoms with E-state index in [0.717, 1.165) is 49.9 Å². The lowest BCUT2D eigenvalue weighted by Gasteiger charge is -2.44. The van der Waals surface area contributed by atoms with Crippen LogP contribution in [0.3, 0.4) is 0 Å². The summed E-state index contributed by atoms with van der Waals surface area (Å²) in [5, 5.41) is 0. The van der Waals surface area contributed by atoms with Gasteiger partial charge < -0.3 is 9.30 Å². The normalized spacial score (nSPS) is 22.8. The van der Waals surface area contributed by atoms with Gasteiger partial charge >= 0.3 is 0 Å². The summed E-state index contributed by atoms with van der Waals surface area (Å²) in [6.45, 7) is 15.9. The van der Waals surface area contributed by atoms with Crippen LogP contribution in [0, 0.1) is 12.7 Å². The van der Waals surface area contributed by atoms with E-state index < -0.39 is 11.6 Å². The Morgan fingerprint density at radius 3 is 2.38 bits per heavy atom. The summed E-state index contributed by atoms with van der Waals surface area (Å²) < 4.78 is 36.7. The van der Waals surface area contributed by atoms with Gasteiger partial charge in [0.15, 0.2) is 0 Å². The molecule has 45 heavy (non-hydrogen) atoms. The number of halogens is 2. The van der Waals surface area contributed by atoms with Crippen LogP contribution in [0.25, 0.3) is 17.5 Å². The molecule has 2 atom stereocenters. The third-order valence-electron chi connectivity index (χ3n) is 9.74. The van der Waals surface area contributed by atoms with Gasteiger partial charge in [-0.05, 0) is 77.5 Å². The van der Waals surface area contributed by atoms with Gasteiger partial charge in [-0.1, -0.05) is 6.58 Å². The van der Waals surface area contributed by atoms with Crippen LogP contribution in [0.1, 0.15) is 92.4 Å². The number of nitrogens with zero attached hydrogens (tertiary/aromatic N) is 7.